The molecule has 0 saturated heterocycles. The first-order chi connectivity index (χ1) is 2.91. The number of unbranched alkanes of at least 4 members (excludes halogenated alkanes) is 1. The lowest BCUT2D eigenvalue weighted by molar-refractivity contribution is 0.339. The molecular weight excluding hydrogens is 120 g/mol. The van der Waals surface area contributed by atoms with E-state index in [0.717, 1.165) is 17.1 Å². The van der Waals surface area contributed by atoms with Gasteiger partial charge in [0.1, 0.15) is 10.5 Å². The van der Waals surface area contributed by atoms with Crippen LogP contribution in [0.1, 0.15) is 19.8 Å². The number of hydrogen-bond acceptors (Lipinski definition) is 1. The zero-order valence-electron chi connectivity index (χ0n) is 4.53. The standard InChI is InChI=1S/C4H12OSi.H4Si/c1-2-3-4-5-6;/h2-4H2,1,6H3;1H4. The largest absolute Gasteiger partial charge is 0.428 e. The van der Waals surface area contributed by atoms with E-state index in [4.69, 9.17) is 4.43 Å². The molecular formula is C4H16OSi2. The van der Waals surface area contributed by atoms with Gasteiger partial charge in [-0.3, -0.25) is 0 Å². The molecule has 0 aliphatic carbocycles. The summed E-state index contributed by atoms with van der Waals surface area (Å²) < 4.78 is 4.92. The van der Waals surface area contributed by atoms with E-state index in [1.807, 2.05) is 0 Å². The average molecular weight is 136 g/mol. The van der Waals surface area contributed by atoms with Crippen LogP contribution in [0.2, 0.25) is 0 Å². The summed E-state index contributed by atoms with van der Waals surface area (Å²) in [5, 5.41) is 0. The number of rotatable bonds is 3. The molecule has 0 aliphatic rings. The van der Waals surface area contributed by atoms with Gasteiger partial charge in [-0.15, -0.1) is 0 Å². The van der Waals surface area contributed by atoms with Crippen LogP contribution in [0.25, 0.3) is 0 Å². The Morgan fingerprint density at radius 1 is 1.57 bits per heavy atom. The normalized spacial score (nSPS) is 8.14. The molecule has 0 aliphatic heterocycles. The van der Waals surface area contributed by atoms with Crippen molar-refractivity contribution in [3.8, 4) is 0 Å². The van der Waals surface area contributed by atoms with Gasteiger partial charge < -0.3 is 4.43 Å². The summed E-state index contributed by atoms with van der Waals surface area (Å²) in [6, 6.07) is 0. The van der Waals surface area contributed by atoms with E-state index >= 15 is 0 Å². The molecule has 0 saturated carbocycles. The van der Waals surface area contributed by atoms with Gasteiger partial charge in [0.25, 0.3) is 0 Å². The lowest BCUT2D eigenvalue weighted by Crippen LogP contribution is -1.85. The molecule has 0 spiro atoms. The van der Waals surface area contributed by atoms with Crippen LogP contribution in [0.4, 0.5) is 0 Å². The first-order valence-corrected chi connectivity index (χ1v) is 3.22. The molecule has 0 aromatic carbocycles. The molecule has 46 valence electrons. The summed E-state index contributed by atoms with van der Waals surface area (Å²) in [6.45, 7) is 3.14. The lowest BCUT2D eigenvalue weighted by Gasteiger charge is -1.90. The van der Waals surface area contributed by atoms with Crippen LogP contribution in [-0.2, 0) is 4.43 Å². The van der Waals surface area contributed by atoms with Gasteiger partial charge in [-0.1, -0.05) is 13.3 Å². The highest BCUT2D eigenvalue weighted by molar-refractivity contribution is 5.97. The van der Waals surface area contributed by atoms with Crippen molar-refractivity contribution in [3.05, 3.63) is 0 Å². The molecule has 0 aromatic heterocycles. The highest BCUT2D eigenvalue weighted by Gasteiger charge is 1.74. The fraction of sp³-hybridized carbons (Fsp3) is 1.00. The second kappa shape index (κ2) is 9.64. The maximum Gasteiger partial charge on any atom is 0.145 e. The third kappa shape index (κ3) is 10.7. The monoisotopic (exact) mass is 136 g/mol. The van der Waals surface area contributed by atoms with E-state index < -0.39 is 0 Å². The van der Waals surface area contributed by atoms with Gasteiger partial charge >= 0.3 is 0 Å². The SMILES string of the molecule is CCCCO[SiH3].[SiH4]. The van der Waals surface area contributed by atoms with E-state index in [-0.39, 0.29) is 11.0 Å². The molecule has 0 amide bonds. The van der Waals surface area contributed by atoms with Gasteiger partial charge in [0.15, 0.2) is 0 Å². The van der Waals surface area contributed by atoms with Crippen molar-refractivity contribution >= 4 is 21.5 Å². The molecule has 0 rings (SSSR count). The zero-order valence-corrected chi connectivity index (χ0v) is 6.53. The second-order valence-electron chi connectivity index (χ2n) is 1.35. The van der Waals surface area contributed by atoms with Gasteiger partial charge in [0.05, 0.1) is 0 Å². The van der Waals surface area contributed by atoms with E-state index in [0.29, 0.717) is 0 Å². The van der Waals surface area contributed by atoms with E-state index in [1.165, 1.54) is 12.8 Å². The molecule has 7 heavy (non-hydrogen) atoms. The summed E-state index contributed by atoms with van der Waals surface area (Å²) in [5.41, 5.74) is 0. The van der Waals surface area contributed by atoms with Crippen LogP contribution in [0.3, 0.4) is 0 Å². The highest BCUT2D eigenvalue weighted by Crippen LogP contribution is 1.82. The molecule has 0 aromatic rings. The van der Waals surface area contributed by atoms with Crippen LogP contribution in [-0.4, -0.2) is 28.1 Å². The van der Waals surface area contributed by atoms with E-state index in [9.17, 15) is 0 Å². The Morgan fingerprint density at radius 2 is 2.14 bits per heavy atom. The molecule has 0 heterocycles. The average Bonchev–Trinajstić information content (AvgIpc) is 1.61. The summed E-state index contributed by atoms with van der Waals surface area (Å²) >= 11 is 0. The quantitative estimate of drug-likeness (QED) is 0.344. The molecule has 0 unspecified atom stereocenters. The maximum atomic E-state index is 4.92. The third-order valence-electron chi connectivity index (χ3n) is 0.702. The summed E-state index contributed by atoms with van der Waals surface area (Å²) in [4.78, 5) is 0. The van der Waals surface area contributed by atoms with Crippen molar-refractivity contribution in [3.63, 3.8) is 0 Å². The minimum Gasteiger partial charge on any atom is -0.428 e. The highest BCUT2D eigenvalue weighted by atomic mass is 28.2. The fourth-order valence-electron chi connectivity index (χ4n) is 0.289. The van der Waals surface area contributed by atoms with Crippen molar-refractivity contribution in [1.82, 2.24) is 0 Å². The second-order valence-corrected chi connectivity index (χ2v) is 1.92. The number of hydrogen-bond donors (Lipinski definition) is 0. The molecule has 3 heteroatoms. The Balaban J connectivity index is 0. The van der Waals surface area contributed by atoms with Crippen LogP contribution in [0, 0.1) is 0 Å². The Labute approximate surface area is 53.0 Å². The molecule has 0 N–H and O–H groups in total. The van der Waals surface area contributed by atoms with Gasteiger partial charge in [0.2, 0.25) is 0 Å². The molecule has 1 nitrogen and oxygen atoms in total. The van der Waals surface area contributed by atoms with Gasteiger partial charge in [-0.25, -0.2) is 0 Å². The predicted octanol–water partition coefficient (Wildman–Crippen LogP) is -1.37. The summed E-state index contributed by atoms with van der Waals surface area (Å²) in [7, 11) is 0.903. The third-order valence-corrected chi connectivity index (χ3v) is 1.11. The minimum absolute atomic E-state index is 0. The minimum atomic E-state index is 0. The Kier molecular flexibility index (Phi) is 14.3. The first-order valence-electron chi connectivity index (χ1n) is 2.40. The first kappa shape index (κ1) is 10.4. The fourth-order valence-corrected chi connectivity index (χ4v) is 0.577. The van der Waals surface area contributed by atoms with E-state index in [2.05, 4.69) is 6.92 Å². The zero-order chi connectivity index (χ0) is 4.83. The predicted molar refractivity (Wildman–Crippen MR) is 42.1 cm³/mol. The summed E-state index contributed by atoms with van der Waals surface area (Å²) in [6.07, 6.45) is 2.48. The van der Waals surface area contributed by atoms with E-state index in [1.54, 1.807) is 0 Å². The Morgan fingerprint density at radius 3 is 2.29 bits per heavy atom. The topological polar surface area (TPSA) is 9.23 Å². The molecule has 0 bridgehead atoms. The van der Waals surface area contributed by atoms with Crippen LogP contribution < -0.4 is 0 Å². The summed E-state index contributed by atoms with van der Waals surface area (Å²) in [5.74, 6) is 0. The van der Waals surface area contributed by atoms with Crippen molar-refractivity contribution in [2.75, 3.05) is 6.61 Å². The Hall–Kier alpha value is 0.394. The van der Waals surface area contributed by atoms with Gasteiger partial charge in [-0.2, -0.15) is 0 Å². The van der Waals surface area contributed by atoms with Crippen molar-refractivity contribution in [1.29, 1.82) is 0 Å². The Bertz CT molecular complexity index is 21.7. The molecule has 0 atom stereocenters. The molecule has 0 fully saturated rings. The van der Waals surface area contributed by atoms with Crippen molar-refractivity contribution in [2.45, 2.75) is 19.8 Å². The van der Waals surface area contributed by atoms with Crippen LogP contribution in [0.15, 0.2) is 0 Å². The van der Waals surface area contributed by atoms with Crippen molar-refractivity contribution < 1.29 is 4.43 Å². The van der Waals surface area contributed by atoms with Crippen molar-refractivity contribution in [2.24, 2.45) is 0 Å². The maximum absolute atomic E-state index is 4.92. The van der Waals surface area contributed by atoms with Crippen LogP contribution >= 0.6 is 0 Å². The molecule has 0 radical (unpaired) electrons. The van der Waals surface area contributed by atoms with Gasteiger partial charge in [0, 0.05) is 6.61 Å². The smallest absolute Gasteiger partial charge is 0.145 e. The van der Waals surface area contributed by atoms with Gasteiger partial charge in [-0.05, 0) is 17.4 Å². The van der Waals surface area contributed by atoms with Crippen LogP contribution in [0.5, 0.6) is 0 Å². The lowest BCUT2D eigenvalue weighted by atomic mass is 10.4.